The van der Waals surface area contributed by atoms with E-state index in [1.54, 1.807) is 6.07 Å². The van der Waals surface area contributed by atoms with Crippen LogP contribution in [0.1, 0.15) is 31.2 Å². The number of hydrogen-bond acceptors (Lipinski definition) is 3. The van der Waals surface area contributed by atoms with Gasteiger partial charge in [-0.15, -0.1) is 0 Å². The molecule has 1 aliphatic rings. The minimum atomic E-state index is -0.0256. The third-order valence-electron chi connectivity index (χ3n) is 4.73. The van der Waals surface area contributed by atoms with Crippen molar-refractivity contribution >= 4 is 34.6 Å². The lowest BCUT2D eigenvalue weighted by molar-refractivity contribution is -0.115. The van der Waals surface area contributed by atoms with Gasteiger partial charge < -0.3 is 15.5 Å². The first-order valence-electron chi connectivity index (χ1n) is 9.27. The third kappa shape index (κ3) is 5.15. The molecular formula is C21H26ClN3O. The van der Waals surface area contributed by atoms with Crippen molar-refractivity contribution in [3.63, 3.8) is 0 Å². The second-order valence-corrected chi connectivity index (χ2v) is 7.19. The van der Waals surface area contributed by atoms with Gasteiger partial charge in [-0.05, 0) is 68.1 Å². The Kier molecular flexibility index (Phi) is 6.40. The van der Waals surface area contributed by atoms with Gasteiger partial charge in [0, 0.05) is 48.1 Å². The Balaban J connectivity index is 1.43. The maximum absolute atomic E-state index is 12.1. The van der Waals surface area contributed by atoms with E-state index in [1.165, 1.54) is 24.9 Å². The molecule has 2 aromatic rings. The molecule has 2 N–H and O–H groups in total. The van der Waals surface area contributed by atoms with E-state index in [1.807, 2.05) is 19.1 Å². The lowest BCUT2D eigenvalue weighted by atomic mass is 10.1. The first-order chi connectivity index (χ1) is 12.6. The fourth-order valence-electron chi connectivity index (χ4n) is 3.16. The van der Waals surface area contributed by atoms with Gasteiger partial charge in [-0.25, -0.2) is 0 Å². The summed E-state index contributed by atoms with van der Waals surface area (Å²) in [6.45, 7) is 4.83. The van der Waals surface area contributed by atoms with Crippen LogP contribution in [0.2, 0.25) is 5.02 Å². The van der Waals surface area contributed by atoms with E-state index in [9.17, 15) is 4.79 Å². The van der Waals surface area contributed by atoms with Crippen LogP contribution >= 0.6 is 11.6 Å². The van der Waals surface area contributed by atoms with Crippen molar-refractivity contribution in [2.24, 2.45) is 0 Å². The van der Waals surface area contributed by atoms with Crippen LogP contribution in [0.3, 0.4) is 0 Å². The van der Waals surface area contributed by atoms with Crippen molar-refractivity contribution in [2.45, 2.75) is 32.6 Å². The van der Waals surface area contributed by atoms with Gasteiger partial charge in [0.15, 0.2) is 0 Å². The van der Waals surface area contributed by atoms with Crippen LogP contribution in [0.5, 0.6) is 0 Å². The van der Waals surface area contributed by atoms with Gasteiger partial charge in [0.25, 0.3) is 0 Å². The summed E-state index contributed by atoms with van der Waals surface area (Å²) in [5.74, 6) is -0.0256. The molecular weight excluding hydrogens is 346 g/mol. The van der Waals surface area contributed by atoms with Gasteiger partial charge >= 0.3 is 0 Å². The second kappa shape index (κ2) is 8.95. The first-order valence-corrected chi connectivity index (χ1v) is 9.64. The van der Waals surface area contributed by atoms with Gasteiger partial charge in [-0.2, -0.15) is 0 Å². The molecule has 2 aromatic carbocycles. The molecule has 0 bridgehead atoms. The molecule has 1 fully saturated rings. The number of piperidine rings is 1. The monoisotopic (exact) mass is 371 g/mol. The fraction of sp³-hybridized carbons (Fsp3) is 0.381. The summed E-state index contributed by atoms with van der Waals surface area (Å²) in [5.41, 5.74) is 4.05. The Morgan fingerprint density at radius 3 is 2.42 bits per heavy atom. The Bertz CT molecular complexity index is 739. The summed E-state index contributed by atoms with van der Waals surface area (Å²) in [7, 11) is 0. The van der Waals surface area contributed by atoms with Crippen molar-refractivity contribution < 1.29 is 4.79 Å². The minimum absolute atomic E-state index is 0.0256. The van der Waals surface area contributed by atoms with E-state index in [0.717, 1.165) is 30.0 Å². The predicted octanol–water partition coefficient (Wildman–Crippen LogP) is 5.08. The molecule has 0 aromatic heterocycles. The minimum Gasteiger partial charge on any atom is -0.385 e. The number of nitrogens with one attached hydrogen (secondary N) is 2. The molecule has 1 heterocycles. The van der Waals surface area contributed by atoms with Crippen LogP contribution in [0.4, 0.5) is 17.1 Å². The zero-order valence-corrected chi connectivity index (χ0v) is 16.0. The number of carbonyl (C=O) groups excluding carboxylic acids is 1. The topological polar surface area (TPSA) is 44.4 Å². The van der Waals surface area contributed by atoms with Crippen LogP contribution < -0.4 is 15.5 Å². The average Bonchev–Trinajstić information content (AvgIpc) is 2.66. The number of benzene rings is 2. The molecule has 3 rings (SSSR count). The number of rotatable bonds is 6. The van der Waals surface area contributed by atoms with Crippen molar-refractivity contribution in [3.8, 4) is 0 Å². The molecule has 0 radical (unpaired) electrons. The molecule has 1 saturated heterocycles. The Morgan fingerprint density at radius 1 is 1.04 bits per heavy atom. The number of amides is 1. The quantitative estimate of drug-likeness (QED) is 0.744. The van der Waals surface area contributed by atoms with Crippen LogP contribution in [-0.4, -0.2) is 25.5 Å². The lowest BCUT2D eigenvalue weighted by Gasteiger charge is -2.28. The summed E-state index contributed by atoms with van der Waals surface area (Å²) >= 11 is 6.08. The highest BCUT2D eigenvalue weighted by Crippen LogP contribution is 2.22. The summed E-state index contributed by atoms with van der Waals surface area (Å²) < 4.78 is 0. The highest BCUT2D eigenvalue weighted by atomic mass is 35.5. The van der Waals surface area contributed by atoms with Crippen LogP contribution in [-0.2, 0) is 4.79 Å². The molecule has 0 saturated carbocycles. The van der Waals surface area contributed by atoms with Crippen molar-refractivity contribution in [1.29, 1.82) is 0 Å². The standard InChI is InChI=1S/C21H26ClN3O/c1-16-5-6-18(15-20(16)22)24-21(26)11-12-23-17-7-9-19(10-8-17)25-13-3-2-4-14-25/h5-10,15,23H,2-4,11-14H2,1H3,(H,24,26). The molecule has 1 amide bonds. The number of aryl methyl sites for hydroxylation is 1. The lowest BCUT2D eigenvalue weighted by Crippen LogP contribution is -2.29. The van der Waals surface area contributed by atoms with E-state index in [-0.39, 0.29) is 5.91 Å². The molecule has 26 heavy (non-hydrogen) atoms. The number of nitrogens with zero attached hydrogens (tertiary/aromatic N) is 1. The maximum atomic E-state index is 12.1. The van der Waals surface area contributed by atoms with E-state index < -0.39 is 0 Å². The molecule has 138 valence electrons. The summed E-state index contributed by atoms with van der Waals surface area (Å²) in [4.78, 5) is 14.5. The largest absolute Gasteiger partial charge is 0.385 e. The second-order valence-electron chi connectivity index (χ2n) is 6.78. The van der Waals surface area contributed by atoms with Gasteiger partial charge in [0.1, 0.15) is 0 Å². The van der Waals surface area contributed by atoms with E-state index in [4.69, 9.17) is 11.6 Å². The van der Waals surface area contributed by atoms with Crippen molar-refractivity contribution in [3.05, 3.63) is 53.1 Å². The van der Waals surface area contributed by atoms with Crippen molar-refractivity contribution in [2.75, 3.05) is 35.2 Å². The molecule has 0 atom stereocenters. The number of halogens is 1. The number of anilines is 3. The zero-order valence-electron chi connectivity index (χ0n) is 15.2. The molecule has 4 nitrogen and oxygen atoms in total. The first kappa shape index (κ1) is 18.6. The third-order valence-corrected chi connectivity index (χ3v) is 5.13. The predicted molar refractivity (Wildman–Crippen MR) is 110 cm³/mol. The summed E-state index contributed by atoms with van der Waals surface area (Å²) in [5, 5.41) is 6.85. The normalized spacial score (nSPS) is 14.2. The highest BCUT2D eigenvalue weighted by Gasteiger charge is 2.10. The van der Waals surface area contributed by atoms with Crippen LogP contribution in [0, 0.1) is 6.92 Å². The molecule has 0 spiro atoms. The van der Waals surface area contributed by atoms with Crippen LogP contribution in [0.15, 0.2) is 42.5 Å². The van der Waals surface area contributed by atoms with E-state index in [2.05, 4.69) is 39.8 Å². The Hall–Kier alpha value is -2.20. The smallest absolute Gasteiger partial charge is 0.226 e. The SMILES string of the molecule is Cc1ccc(NC(=O)CCNc2ccc(N3CCCCC3)cc2)cc1Cl. The van der Waals surface area contributed by atoms with E-state index >= 15 is 0 Å². The molecule has 1 aliphatic heterocycles. The molecule has 5 heteroatoms. The maximum Gasteiger partial charge on any atom is 0.226 e. The van der Waals surface area contributed by atoms with E-state index in [0.29, 0.717) is 18.0 Å². The number of hydrogen-bond donors (Lipinski definition) is 2. The van der Waals surface area contributed by atoms with Gasteiger partial charge in [-0.3, -0.25) is 4.79 Å². The fourth-order valence-corrected chi connectivity index (χ4v) is 3.34. The highest BCUT2D eigenvalue weighted by molar-refractivity contribution is 6.31. The zero-order chi connectivity index (χ0) is 18.4. The number of carbonyl (C=O) groups is 1. The Morgan fingerprint density at radius 2 is 1.73 bits per heavy atom. The molecule has 0 unspecified atom stereocenters. The van der Waals surface area contributed by atoms with Gasteiger partial charge in [0.2, 0.25) is 5.91 Å². The summed E-state index contributed by atoms with van der Waals surface area (Å²) in [6, 6.07) is 14.0. The molecule has 0 aliphatic carbocycles. The van der Waals surface area contributed by atoms with Gasteiger partial charge in [-0.1, -0.05) is 17.7 Å². The van der Waals surface area contributed by atoms with Crippen molar-refractivity contribution in [1.82, 2.24) is 0 Å². The average molecular weight is 372 g/mol. The van der Waals surface area contributed by atoms with Gasteiger partial charge in [0.05, 0.1) is 0 Å². The Labute approximate surface area is 160 Å². The van der Waals surface area contributed by atoms with Crippen LogP contribution in [0.25, 0.3) is 0 Å². The summed E-state index contributed by atoms with van der Waals surface area (Å²) in [6.07, 6.45) is 4.30.